The number of thiophene rings is 1. The second-order valence-corrected chi connectivity index (χ2v) is 19.1. The van der Waals surface area contributed by atoms with Crippen molar-refractivity contribution >= 4 is 31.5 Å². The molecule has 12 aromatic rings. The number of hydrogen-bond acceptors (Lipinski definition) is 3. The van der Waals surface area contributed by atoms with Gasteiger partial charge in [0.05, 0.1) is 16.8 Å². The third kappa shape index (κ3) is 5.89. The van der Waals surface area contributed by atoms with E-state index in [-0.39, 0.29) is 0 Å². The van der Waals surface area contributed by atoms with Crippen LogP contribution in [-0.4, -0.2) is 9.97 Å². The predicted octanol–water partition coefficient (Wildman–Crippen LogP) is 17.2. The molecule has 0 unspecified atom stereocenters. The zero-order chi connectivity index (χ0) is 44.8. The molecule has 0 saturated carbocycles. The Hall–Kier alpha value is -8.50. The van der Waals surface area contributed by atoms with Crippen molar-refractivity contribution in [3.8, 4) is 89.5 Å². The lowest BCUT2D eigenvalue weighted by Crippen LogP contribution is -2.25. The predicted molar refractivity (Wildman–Crippen MR) is 284 cm³/mol. The van der Waals surface area contributed by atoms with Gasteiger partial charge in [-0.05, 0) is 126 Å². The molecule has 3 heteroatoms. The van der Waals surface area contributed by atoms with Crippen molar-refractivity contribution in [3.63, 3.8) is 0 Å². The van der Waals surface area contributed by atoms with Gasteiger partial charge in [0.15, 0.2) is 5.82 Å². The summed E-state index contributed by atoms with van der Waals surface area (Å²) in [7, 11) is 0. The fraction of sp³-hybridized carbons (Fsp3) is 0.0154. The van der Waals surface area contributed by atoms with Crippen LogP contribution in [0.15, 0.2) is 243 Å². The molecule has 68 heavy (non-hydrogen) atoms. The highest BCUT2D eigenvalue weighted by Crippen LogP contribution is 2.63. The van der Waals surface area contributed by atoms with E-state index in [4.69, 9.17) is 9.97 Å². The van der Waals surface area contributed by atoms with Gasteiger partial charge in [-0.25, -0.2) is 9.97 Å². The Labute approximate surface area is 399 Å². The molecular weight excluding hydrogens is 841 g/mol. The van der Waals surface area contributed by atoms with Gasteiger partial charge in [0, 0.05) is 36.9 Å². The zero-order valence-electron chi connectivity index (χ0n) is 36.9. The lowest BCUT2D eigenvalue weighted by molar-refractivity contribution is 0.794. The monoisotopic (exact) mass is 880 g/mol. The molecule has 2 aliphatic rings. The summed E-state index contributed by atoms with van der Waals surface area (Å²) in [4.78, 5) is 10.9. The number of benzene rings is 10. The van der Waals surface area contributed by atoms with E-state index in [9.17, 15) is 0 Å². The fourth-order valence-corrected chi connectivity index (χ4v) is 12.4. The largest absolute Gasteiger partial charge is 0.228 e. The van der Waals surface area contributed by atoms with Crippen LogP contribution in [0.2, 0.25) is 0 Å². The van der Waals surface area contributed by atoms with Gasteiger partial charge in [-0.2, -0.15) is 0 Å². The molecule has 0 fully saturated rings. The van der Waals surface area contributed by atoms with E-state index >= 15 is 0 Å². The zero-order valence-corrected chi connectivity index (χ0v) is 37.7. The third-order valence-corrected chi connectivity index (χ3v) is 15.5. The van der Waals surface area contributed by atoms with Crippen LogP contribution in [0.25, 0.3) is 110 Å². The van der Waals surface area contributed by atoms with Gasteiger partial charge in [-0.15, -0.1) is 11.3 Å². The molecule has 14 rings (SSSR count). The quantitative estimate of drug-likeness (QED) is 0.166. The van der Waals surface area contributed by atoms with E-state index in [0.29, 0.717) is 5.82 Å². The van der Waals surface area contributed by atoms with Crippen molar-refractivity contribution < 1.29 is 0 Å². The molecule has 0 aliphatic heterocycles. The standard InChI is InChI=1S/C65H40N2S/c1-3-17-41(18-4-1)48-21-7-8-22-49(48)46-35-45(43-32-34-63-55(38-43)54-26-12-16-30-62(54)68-63)36-47(37-46)61-40-60(66-64(67-61)42-19-5-2-6-20-42)44-31-33-53-52-25-11-15-29-58(52)65(59(53)39-44)56-27-13-9-23-50(56)51-24-10-14-28-57(51)65/h1-40H. The molecule has 0 bridgehead atoms. The van der Waals surface area contributed by atoms with Crippen LogP contribution in [0.5, 0.6) is 0 Å². The Balaban J connectivity index is 1.00. The number of nitrogens with zero attached hydrogens (tertiary/aromatic N) is 2. The minimum absolute atomic E-state index is 0.461. The fourth-order valence-electron chi connectivity index (χ4n) is 11.3. The lowest BCUT2D eigenvalue weighted by atomic mass is 9.70. The van der Waals surface area contributed by atoms with E-state index in [1.165, 1.54) is 86.9 Å². The highest BCUT2D eigenvalue weighted by molar-refractivity contribution is 7.25. The van der Waals surface area contributed by atoms with Crippen LogP contribution in [-0.2, 0) is 5.41 Å². The maximum atomic E-state index is 5.46. The van der Waals surface area contributed by atoms with E-state index in [0.717, 1.165) is 39.2 Å². The Bertz CT molecular complexity index is 3910. The molecule has 0 amide bonds. The van der Waals surface area contributed by atoms with Gasteiger partial charge in [0.2, 0.25) is 0 Å². The molecule has 1 spiro atoms. The van der Waals surface area contributed by atoms with Gasteiger partial charge < -0.3 is 0 Å². The minimum Gasteiger partial charge on any atom is -0.228 e. The van der Waals surface area contributed by atoms with Crippen molar-refractivity contribution in [1.29, 1.82) is 0 Å². The Kier molecular flexibility index (Phi) is 8.71. The third-order valence-electron chi connectivity index (χ3n) is 14.3. The second kappa shape index (κ2) is 15.3. The summed E-state index contributed by atoms with van der Waals surface area (Å²) in [5.74, 6) is 0.691. The van der Waals surface area contributed by atoms with Gasteiger partial charge >= 0.3 is 0 Å². The summed E-state index contributed by atoms with van der Waals surface area (Å²) in [5, 5.41) is 2.57. The molecule has 0 saturated heterocycles. The lowest BCUT2D eigenvalue weighted by Gasteiger charge is -2.30. The van der Waals surface area contributed by atoms with Gasteiger partial charge in [-0.1, -0.05) is 194 Å². The van der Waals surface area contributed by atoms with Crippen molar-refractivity contribution in [1.82, 2.24) is 9.97 Å². The SMILES string of the molecule is c1ccc(-c2nc(-c3cc(-c4ccc5sc6ccccc6c5c4)cc(-c4ccccc4-c4ccccc4)c3)cc(-c3ccc4c(c3)C3(c5ccccc5-c5ccccc53)c3ccccc3-4)n2)cc1. The molecule has 316 valence electrons. The molecule has 2 aliphatic carbocycles. The van der Waals surface area contributed by atoms with Crippen LogP contribution in [0, 0.1) is 0 Å². The van der Waals surface area contributed by atoms with Crippen LogP contribution in [0.3, 0.4) is 0 Å². The van der Waals surface area contributed by atoms with E-state index in [1.54, 1.807) is 0 Å². The molecule has 2 heterocycles. The first kappa shape index (κ1) is 38.7. The van der Waals surface area contributed by atoms with Gasteiger partial charge in [0.1, 0.15) is 0 Å². The summed E-state index contributed by atoms with van der Waals surface area (Å²) in [6.45, 7) is 0. The maximum Gasteiger partial charge on any atom is 0.160 e. The molecule has 2 nitrogen and oxygen atoms in total. The number of aromatic nitrogens is 2. The molecule has 10 aromatic carbocycles. The maximum absolute atomic E-state index is 5.46. The van der Waals surface area contributed by atoms with Crippen molar-refractivity contribution in [3.05, 3.63) is 265 Å². The van der Waals surface area contributed by atoms with E-state index < -0.39 is 5.41 Å². The second-order valence-electron chi connectivity index (χ2n) is 18.0. The molecule has 0 N–H and O–H groups in total. The van der Waals surface area contributed by atoms with Gasteiger partial charge in [-0.3, -0.25) is 0 Å². The summed E-state index contributed by atoms with van der Waals surface area (Å²) in [6, 6.07) is 88.8. The molecule has 0 atom stereocenters. The molecular formula is C65H40N2S. The van der Waals surface area contributed by atoms with Gasteiger partial charge in [0.25, 0.3) is 0 Å². The molecule has 0 radical (unpaired) electrons. The first-order valence-electron chi connectivity index (χ1n) is 23.3. The smallest absolute Gasteiger partial charge is 0.160 e. The van der Waals surface area contributed by atoms with Crippen LogP contribution < -0.4 is 0 Å². The highest BCUT2D eigenvalue weighted by atomic mass is 32.1. The number of hydrogen-bond donors (Lipinski definition) is 0. The van der Waals surface area contributed by atoms with Crippen LogP contribution in [0.1, 0.15) is 22.3 Å². The average Bonchev–Trinajstić information content (AvgIpc) is 4.05. The summed E-state index contributed by atoms with van der Waals surface area (Å²) >= 11 is 1.85. The average molecular weight is 881 g/mol. The normalized spacial score (nSPS) is 12.8. The van der Waals surface area contributed by atoms with Crippen LogP contribution in [0.4, 0.5) is 0 Å². The number of rotatable bonds is 6. The Morgan fingerprint density at radius 3 is 1.43 bits per heavy atom. The highest BCUT2D eigenvalue weighted by Gasteiger charge is 2.51. The summed E-state index contributed by atoms with van der Waals surface area (Å²) < 4.78 is 2.59. The van der Waals surface area contributed by atoms with Crippen molar-refractivity contribution in [2.45, 2.75) is 5.41 Å². The topological polar surface area (TPSA) is 25.8 Å². The molecule has 2 aromatic heterocycles. The first-order chi connectivity index (χ1) is 33.7. The first-order valence-corrected chi connectivity index (χ1v) is 24.1. The Morgan fingerprint density at radius 1 is 0.265 bits per heavy atom. The summed E-state index contributed by atoms with van der Waals surface area (Å²) in [5.41, 5.74) is 21.7. The van der Waals surface area contributed by atoms with Crippen LogP contribution >= 0.6 is 11.3 Å². The van der Waals surface area contributed by atoms with Crippen molar-refractivity contribution in [2.24, 2.45) is 0 Å². The van der Waals surface area contributed by atoms with E-state index in [2.05, 4.69) is 243 Å². The van der Waals surface area contributed by atoms with Crippen molar-refractivity contribution in [2.75, 3.05) is 0 Å². The number of fused-ring (bicyclic) bond motifs is 13. The summed E-state index contributed by atoms with van der Waals surface area (Å²) in [6.07, 6.45) is 0. The minimum atomic E-state index is -0.461. The Morgan fingerprint density at radius 2 is 0.750 bits per heavy atom. The van der Waals surface area contributed by atoms with E-state index in [1.807, 2.05) is 11.3 Å².